The predicted octanol–water partition coefficient (Wildman–Crippen LogP) is 4.14. The number of amides is 1. The molecule has 5 nitrogen and oxygen atoms in total. The van der Waals surface area contributed by atoms with Gasteiger partial charge in [0.1, 0.15) is 11.8 Å². The summed E-state index contributed by atoms with van der Waals surface area (Å²) >= 11 is 3.38. The molecule has 2 aromatic rings. The average Bonchev–Trinajstić information content (AvgIpc) is 2.67. The van der Waals surface area contributed by atoms with Gasteiger partial charge in [-0.1, -0.05) is 53.2 Å². The van der Waals surface area contributed by atoms with E-state index in [0.29, 0.717) is 24.3 Å². The number of carbonyl (C=O) groups excluding carboxylic acids is 2. The molecule has 27 heavy (non-hydrogen) atoms. The molecular formula is C21H24BrNO4. The summed E-state index contributed by atoms with van der Waals surface area (Å²) in [7, 11) is 0. The lowest BCUT2D eigenvalue weighted by Gasteiger charge is -2.19. The Morgan fingerprint density at radius 1 is 1.11 bits per heavy atom. The van der Waals surface area contributed by atoms with Crippen LogP contribution in [0.4, 0.5) is 0 Å². The molecule has 144 valence electrons. The Labute approximate surface area is 168 Å². The lowest BCUT2D eigenvalue weighted by molar-refractivity contribution is -0.145. The number of ether oxygens (including phenoxy) is 2. The van der Waals surface area contributed by atoms with Crippen molar-refractivity contribution in [2.24, 2.45) is 0 Å². The molecule has 2 rings (SSSR count). The molecule has 1 amide bonds. The molecule has 2 aromatic carbocycles. The number of halogens is 1. The minimum Gasteiger partial charge on any atom is -0.493 e. The first-order valence-electron chi connectivity index (χ1n) is 8.98. The molecule has 0 bridgehead atoms. The number of esters is 1. The largest absolute Gasteiger partial charge is 0.493 e. The molecule has 0 aromatic heterocycles. The van der Waals surface area contributed by atoms with Gasteiger partial charge in [-0.3, -0.25) is 4.79 Å². The molecular weight excluding hydrogens is 410 g/mol. The van der Waals surface area contributed by atoms with Crippen LogP contribution in [0, 0.1) is 0 Å². The van der Waals surface area contributed by atoms with Gasteiger partial charge in [0.2, 0.25) is 0 Å². The number of benzene rings is 2. The highest BCUT2D eigenvalue weighted by Gasteiger charge is 2.24. The maximum atomic E-state index is 12.9. The summed E-state index contributed by atoms with van der Waals surface area (Å²) in [6.07, 6.45) is 1.18. The summed E-state index contributed by atoms with van der Waals surface area (Å²) in [6.45, 7) is 4.49. The molecule has 0 aliphatic carbocycles. The second-order valence-corrected chi connectivity index (χ2v) is 6.87. The number of rotatable bonds is 9. The van der Waals surface area contributed by atoms with Crippen LogP contribution in [0.5, 0.6) is 5.75 Å². The zero-order valence-electron chi connectivity index (χ0n) is 15.5. The summed E-state index contributed by atoms with van der Waals surface area (Å²) in [5.41, 5.74) is 1.31. The second-order valence-electron chi connectivity index (χ2n) is 5.96. The van der Waals surface area contributed by atoms with Crippen molar-refractivity contribution < 1.29 is 19.1 Å². The van der Waals surface area contributed by atoms with E-state index in [-0.39, 0.29) is 12.5 Å². The molecule has 0 fully saturated rings. The fraction of sp³-hybridized carbons (Fsp3) is 0.333. The van der Waals surface area contributed by atoms with Gasteiger partial charge in [-0.25, -0.2) is 4.79 Å². The fourth-order valence-corrected chi connectivity index (χ4v) is 2.90. The Kier molecular flexibility index (Phi) is 8.33. The highest BCUT2D eigenvalue weighted by Crippen LogP contribution is 2.24. The topological polar surface area (TPSA) is 64.6 Å². The number of hydrogen-bond donors (Lipinski definition) is 1. The van der Waals surface area contributed by atoms with Crippen molar-refractivity contribution in [3.8, 4) is 5.75 Å². The van der Waals surface area contributed by atoms with Crippen molar-refractivity contribution >= 4 is 27.8 Å². The molecule has 0 aliphatic rings. The molecule has 0 radical (unpaired) electrons. The van der Waals surface area contributed by atoms with Crippen molar-refractivity contribution in [1.82, 2.24) is 5.32 Å². The minimum absolute atomic E-state index is 0.252. The Morgan fingerprint density at radius 3 is 2.52 bits per heavy atom. The number of nitrogens with one attached hydrogen (secondary N) is 1. The van der Waals surface area contributed by atoms with Crippen molar-refractivity contribution in [3.63, 3.8) is 0 Å². The van der Waals surface area contributed by atoms with E-state index in [2.05, 4.69) is 21.2 Å². The smallest absolute Gasteiger partial charge is 0.328 e. The molecule has 0 saturated heterocycles. The van der Waals surface area contributed by atoms with Crippen LogP contribution in [0.1, 0.15) is 36.2 Å². The van der Waals surface area contributed by atoms with E-state index >= 15 is 0 Å². The van der Waals surface area contributed by atoms with E-state index < -0.39 is 12.0 Å². The van der Waals surface area contributed by atoms with Crippen molar-refractivity contribution in [2.75, 3.05) is 13.2 Å². The van der Waals surface area contributed by atoms with Gasteiger partial charge in [0.25, 0.3) is 5.91 Å². The zero-order valence-corrected chi connectivity index (χ0v) is 17.1. The lowest BCUT2D eigenvalue weighted by Crippen LogP contribution is -2.43. The summed E-state index contributed by atoms with van der Waals surface area (Å²) in [6, 6.07) is 14.0. The van der Waals surface area contributed by atoms with Gasteiger partial charge in [-0.2, -0.15) is 0 Å². The van der Waals surface area contributed by atoms with Crippen LogP contribution >= 0.6 is 15.9 Å². The molecule has 1 N–H and O–H groups in total. The number of carbonyl (C=O) groups is 2. The molecule has 0 aliphatic heterocycles. The quantitative estimate of drug-likeness (QED) is 0.603. The van der Waals surface area contributed by atoms with E-state index in [4.69, 9.17) is 9.47 Å². The van der Waals surface area contributed by atoms with Crippen LogP contribution in [0.3, 0.4) is 0 Å². The molecule has 0 saturated carbocycles. The third-order valence-electron chi connectivity index (χ3n) is 3.81. The van der Waals surface area contributed by atoms with E-state index in [1.807, 2.05) is 43.3 Å². The molecule has 0 spiro atoms. The molecule has 1 unspecified atom stereocenters. The maximum Gasteiger partial charge on any atom is 0.328 e. The molecule has 6 heteroatoms. The highest BCUT2D eigenvalue weighted by molar-refractivity contribution is 9.10. The maximum absolute atomic E-state index is 12.9. The van der Waals surface area contributed by atoms with Crippen LogP contribution in [-0.2, 0) is 16.0 Å². The zero-order chi connectivity index (χ0) is 19.6. The van der Waals surface area contributed by atoms with Crippen molar-refractivity contribution in [1.29, 1.82) is 0 Å². The first kappa shape index (κ1) is 21.0. The molecule has 1 atom stereocenters. The monoisotopic (exact) mass is 433 g/mol. The predicted molar refractivity (Wildman–Crippen MR) is 108 cm³/mol. The minimum atomic E-state index is -0.780. The fourth-order valence-electron chi connectivity index (χ4n) is 2.54. The van der Waals surface area contributed by atoms with E-state index in [9.17, 15) is 9.59 Å². The van der Waals surface area contributed by atoms with Gasteiger partial charge >= 0.3 is 5.97 Å². The summed E-state index contributed by atoms with van der Waals surface area (Å²) in [5, 5.41) is 2.80. The summed E-state index contributed by atoms with van der Waals surface area (Å²) in [5.74, 6) is -0.350. The summed E-state index contributed by atoms with van der Waals surface area (Å²) in [4.78, 5) is 25.2. The van der Waals surface area contributed by atoms with Crippen LogP contribution in [0.25, 0.3) is 0 Å². The molecule has 0 heterocycles. The average molecular weight is 434 g/mol. The van der Waals surface area contributed by atoms with Gasteiger partial charge in [0.15, 0.2) is 0 Å². The Bertz CT molecular complexity index is 764. The summed E-state index contributed by atoms with van der Waals surface area (Å²) < 4.78 is 11.6. The van der Waals surface area contributed by atoms with Crippen LogP contribution in [0.2, 0.25) is 0 Å². The van der Waals surface area contributed by atoms with Crippen LogP contribution < -0.4 is 10.1 Å². The van der Waals surface area contributed by atoms with Crippen molar-refractivity contribution in [3.05, 3.63) is 64.1 Å². The van der Waals surface area contributed by atoms with Crippen LogP contribution in [0.15, 0.2) is 53.0 Å². The second kappa shape index (κ2) is 10.7. The SMILES string of the molecule is CCCOc1ccc(Br)cc1C(=O)NC(Cc1ccccc1)C(=O)OCC. The first-order valence-corrected chi connectivity index (χ1v) is 9.78. The van der Waals surface area contributed by atoms with Gasteiger partial charge in [-0.15, -0.1) is 0 Å². The third kappa shape index (κ3) is 6.40. The standard InChI is InChI=1S/C21H24BrNO4/c1-3-12-27-19-11-10-16(22)14-17(19)20(24)23-18(21(25)26-4-2)13-15-8-6-5-7-9-15/h5-11,14,18H,3-4,12-13H2,1-2H3,(H,23,24). The van der Waals surface area contributed by atoms with Gasteiger partial charge < -0.3 is 14.8 Å². The Hall–Kier alpha value is -2.34. The number of hydrogen-bond acceptors (Lipinski definition) is 4. The first-order chi connectivity index (χ1) is 13.0. The Balaban J connectivity index is 2.22. The van der Waals surface area contributed by atoms with Gasteiger partial charge in [-0.05, 0) is 37.1 Å². The van der Waals surface area contributed by atoms with Gasteiger partial charge in [0.05, 0.1) is 18.8 Å². The Morgan fingerprint density at radius 2 is 1.85 bits per heavy atom. The van der Waals surface area contributed by atoms with E-state index in [1.165, 1.54) is 0 Å². The van der Waals surface area contributed by atoms with Crippen LogP contribution in [-0.4, -0.2) is 31.1 Å². The lowest BCUT2D eigenvalue weighted by atomic mass is 10.1. The normalized spacial score (nSPS) is 11.5. The highest BCUT2D eigenvalue weighted by atomic mass is 79.9. The van der Waals surface area contributed by atoms with Gasteiger partial charge in [0, 0.05) is 10.9 Å². The third-order valence-corrected chi connectivity index (χ3v) is 4.30. The van der Waals surface area contributed by atoms with E-state index in [0.717, 1.165) is 16.5 Å². The van der Waals surface area contributed by atoms with Crippen molar-refractivity contribution in [2.45, 2.75) is 32.7 Å². The van der Waals surface area contributed by atoms with E-state index in [1.54, 1.807) is 19.1 Å².